The Morgan fingerprint density at radius 2 is 1.49 bits per heavy atom. The maximum Gasteiger partial charge on any atom is 0.408 e. The standard InChI is InChI=1S/C33H46N4O6/c1-22(2)20-28(35-32(41)43-33(3,4)5)30(39)37(6)36-29(38)18-8-7-13-19-34-31(40)42-21-27-25-16-11-9-14-23(25)24-15-10-12-17-26(24)27/h9-12,14-17,22,27-28H,7-8,13,18-21H2,1-6H3,(H,34,40)(H,35,41)(H,36,38)/t28-/m1/s1. The molecule has 43 heavy (non-hydrogen) atoms. The van der Waals surface area contributed by atoms with E-state index in [1.54, 1.807) is 20.8 Å². The van der Waals surface area contributed by atoms with Crippen molar-refractivity contribution in [2.75, 3.05) is 20.2 Å². The number of rotatable bonds is 12. The number of carbonyl (C=O) groups excluding carboxylic acids is 4. The van der Waals surface area contributed by atoms with Crippen LogP contribution in [-0.4, -0.2) is 60.9 Å². The topological polar surface area (TPSA) is 126 Å². The molecule has 10 nitrogen and oxygen atoms in total. The highest BCUT2D eigenvalue weighted by Gasteiger charge is 2.30. The highest BCUT2D eigenvalue weighted by atomic mass is 16.6. The van der Waals surface area contributed by atoms with E-state index in [1.165, 1.54) is 18.2 Å². The SMILES string of the molecule is CC(C)C[C@@H](NC(=O)OC(C)(C)C)C(=O)N(C)NC(=O)CCCCCNC(=O)OCC1c2ccccc2-c2ccccc21. The molecule has 0 radical (unpaired) electrons. The van der Waals surface area contributed by atoms with Gasteiger partial charge in [-0.25, -0.2) is 9.59 Å². The Morgan fingerprint density at radius 1 is 0.884 bits per heavy atom. The van der Waals surface area contributed by atoms with Crippen LogP contribution in [0.1, 0.15) is 83.8 Å². The number of ether oxygens (including phenoxy) is 2. The van der Waals surface area contributed by atoms with Gasteiger partial charge in [-0.3, -0.25) is 20.0 Å². The summed E-state index contributed by atoms with van der Waals surface area (Å²) in [5, 5.41) is 6.52. The van der Waals surface area contributed by atoms with Gasteiger partial charge in [0.25, 0.3) is 5.91 Å². The summed E-state index contributed by atoms with van der Waals surface area (Å²) in [7, 11) is 1.46. The van der Waals surface area contributed by atoms with Gasteiger partial charge >= 0.3 is 12.2 Å². The summed E-state index contributed by atoms with van der Waals surface area (Å²) in [6.45, 7) is 9.82. The number of hydrogen-bond donors (Lipinski definition) is 3. The third-order valence-electron chi connectivity index (χ3n) is 7.01. The van der Waals surface area contributed by atoms with Crippen molar-refractivity contribution in [3.05, 3.63) is 59.7 Å². The van der Waals surface area contributed by atoms with Gasteiger partial charge in [0, 0.05) is 25.9 Å². The molecule has 0 heterocycles. The van der Waals surface area contributed by atoms with Crippen molar-refractivity contribution in [1.29, 1.82) is 0 Å². The number of hydrogen-bond acceptors (Lipinski definition) is 6. The monoisotopic (exact) mass is 594 g/mol. The summed E-state index contributed by atoms with van der Waals surface area (Å²) in [6.07, 6.45) is 1.46. The normalized spacial score (nSPS) is 13.0. The summed E-state index contributed by atoms with van der Waals surface area (Å²) >= 11 is 0. The van der Waals surface area contributed by atoms with Gasteiger partial charge in [0.1, 0.15) is 18.2 Å². The molecule has 0 unspecified atom stereocenters. The lowest BCUT2D eigenvalue weighted by molar-refractivity contribution is -0.141. The predicted molar refractivity (Wildman–Crippen MR) is 165 cm³/mol. The van der Waals surface area contributed by atoms with Gasteiger partial charge in [-0.1, -0.05) is 68.8 Å². The number of unbranched alkanes of at least 4 members (excludes halogenated alkanes) is 2. The fourth-order valence-electron chi connectivity index (χ4n) is 5.10. The Kier molecular flexibility index (Phi) is 12.0. The number of alkyl carbamates (subject to hydrolysis) is 2. The molecule has 3 N–H and O–H groups in total. The van der Waals surface area contributed by atoms with Crippen LogP contribution in [-0.2, 0) is 19.1 Å². The van der Waals surface area contributed by atoms with E-state index in [9.17, 15) is 19.2 Å². The van der Waals surface area contributed by atoms with Gasteiger partial charge < -0.3 is 20.1 Å². The maximum atomic E-state index is 12.9. The maximum absolute atomic E-state index is 12.9. The van der Waals surface area contributed by atoms with E-state index >= 15 is 0 Å². The molecule has 2 aromatic rings. The zero-order valence-electron chi connectivity index (χ0n) is 26.2. The van der Waals surface area contributed by atoms with Gasteiger partial charge in [0.15, 0.2) is 0 Å². The molecular weight excluding hydrogens is 548 g/mol. The fraction of sp³-hybridized carbons (Fsp3) is 0.515. The molecule has 0 fully saturated rings. The minimum Gasteiger partial charge on any atom is -0.449 e. The Hall–Kier alpha value is -4.08. The van der Waals surface area contributed by atoms with Crippen molar-refractivity contribution < 1.29 is 28.7 Å². The Balaban J connectivity index is 1.33. The number of benzene rings is 2. The molecule has 4 amide bonds. The molecule has 234 valence electrons. The van der Waals surface area contributed by atoms with E-state index in [0.29, 0.717) is 32.2 Å². The summed E-state index contributed by atoms with van der Waals surface area (Å²) in [6, 6.07) is 15.6. The number of amides is 4. The molecular formula is C33H46N4O6. The summed E-state index contributed by atoms with van der Waals surface area (Å²) in [5.74, 6) is -0.591. The van der Waals surface area contributed by atoms with Gasteiger partial charge in [-0.15, -0.1) is 0 Å². The van der Waals surface area contributed by atoms with Crippen LogP contribution < -0.4 is 16.1 Å². The van der Waals surface area contributed by atoms with Gasteiger partial charge in [-0.2, -0.15) is 0 Å². The Morgan fingerprint density at radius 3 is 2.07 bits per heavy atom. The number of fused-ring (bicyclic) bond motifs is 3. The molecule has 2 aromatic carbocycles. The first-order valence-electron chi connectivity index (χ1n) is 15.0. The van der Waals surface area contributed by atoms with Crippen molar-refractivity contribution >= 4 is 24.0 Å². The van der Waals surface area contributed by atoms with Crippen LogP contribution in [0.3, 0.4) is 0 Å². The van der Waals surface area contributed by atoms with Crippen LogP contribution in [0.15, 0.2) is 48.5 Å². The van der Waals surface area contributed by atoms with Crippen molar-refractivity contribution in [1.82, 2.24) is 21.1 Å². The average molecular weight is 595 g/mol. The molecule has 3 rings (SSSR count). The zero-order chi connectivity index (χ0) is 31.6. The number of likely N-dealkylation sites (N-methyl/N-ethyl adjacent to an activating group) is 1. The molecule has 0 bridgehead atoms. The second-order valence-electron chi connectivity index (χ2n) is 12.3. The number of nitrogens with one attached hydrogen (secondary N) is 3. The van der Waals surface area contributed by atoms with Gasteiger partial charge in [0.05, 0.1) is 0 Å². The van der Waals surface area contributed by atoms with Crippen LogP contribution in [0.2, 0.25) is 0 Å². The van der Waals surface area contributed by atoms with Crippen molar-refractivity contribution in [2.24, 2.45) is 5.92 Å². The third-order valence-corrected chi connectivity index (χ3v) is 7.01. The minimum atomic E-state index is -0.830. The lowest BCUT2D eigenvalue weighted by atomic mass is 9.98. The van der Waals surface area contributed by atoms with E-state index in [0.717, 1.165) is 16.1 Å². The fourth-order valence-corrected chi connectivity index (χ4v) is 5.10. The first-order chi connectivity index (χ1) is 20.4. The second kappa shape index (κ2) is 15.4. The summed E-state index contributed by atoms with van der Waals surface area (Å²) < 4.78 is 10.8. The predicted octanol–water partition coefficient (Wildman–Crippen LogP) is 5.51. The van der Waals surface area contributed by atoms with E-state index in [2.05, 4.69) is 40.3 Å². The smallest absolute Gasteiger partial charge is 0.408 e. The van der Waals surface area contributed by atoms with Crippen LogP contribution in [0.4, 0.5) is 9.59 Å². The first-order valence-corrected chi connectivity index (χ1v) is 15.0. The molecule has 1 aliphatic carbocycles. The van der Waals surface area contributed by atoms with E-state index < -0.39 is 29.7 Å². The summed E-state index contributed by atoms with van der Waals surface area (Å²) in [5.41, 5.74) is 6.58. The van der Waals surface area contributed by atoms with Crippen LogP contribution in [0.25, 0.3) is 11.1 Å². The first kappa shape index (κ1) is 33.4. The molecule has 0 spiro atoms. The van der Waals surface area contributed by atoms with E-state index in [-0.39, 0.29) is 30.8 Å². The van der Waals surface area contributed by atoms with Crippen molar-refractivity contribution in [3.8, 4) is 11.1 Å². The average Bonchev–Trinajstić information content (AvgIpc) is 3.25. The van der Waals surface area contributed by atoms with E-state index in [1.807, 2.05) is 38.1 Å². The van der Waals surface area contributed by atoms with E-state index in [4.69, 9.17) is 9.47 Å². The lowest BCUT2D eigenvalue weighted by Crippen LogP contribution is -2.54. The molecule has 0 aliphatic heterocycles. The minimum absolute atomic E-state index is 0.00965. The molecule has 0 saturated heterocycles. The molecule has 0 aromatic heterocycles. The van der Waals surface area contributed by atoms with Crippen LogP contribution >= 0.6 is 0 Å². The second-order valence-corrected chi connectivity index (χ2v) is 12.3. The number of nitrogens with zero attached hydrogens (tertiary/aromatic N) is 1. The lowest BCUT2D eigenvalue weighted by Gasteiger charge is -2.27. The molecule has 10 heteroatoms. The molecule has 1 atom stereocenters. The van der Waals surface area contributed by atoms with Crippen LogP contribution in [0, 0.1) is 5.92 Å². The highest BCUT2D eigenvalue weighted by molar-refractivity contribution is 5.87. The van der Waals surface area contributed by atoms with Crippen molar-refractivity contribution in [2.45, 2.75) is 84.3 Å². The number of hydrazine groups is 1. The molecule has 1 aliphatic rings. The highest BCUT2D eigenvalue weighted by Crippen LogP contribution is 2.44. The van der Waals surface area contributed by atoms with Gasteiger partial charge in [-0.05, 0) is 68.2 Å². The van der Waals surface area contributed by atoms with Crippen molar-refractivity contribution in [3.63, 3.8) is 0 Å². The zero-order valence-corrected chi connectivity index (χ0v) is 26.2. The van der Waals surface area contributed by atoms with Gasteiger partial charge in [0.2, 0.25) is 5.91 Å². The third kappa shape index (κ3) is 10.3. The Bertz CT molecular complexity index is 1230. The quantitative estimate of drug-likeness (QED) is 0.220. The largest absolute Gasteiger partial charge is 0.449 e. The molecule has 0 saturated carbocycles. The number of carbonyl (C=O) groups is 4. The Labute approximate surface area is 254 Å². The van der Waals surface area contributed by atoms with Crippen LogP contribution in [0.5, 0.6) is 0 Å². The summed E-state index contributed by atoms with van der Waals surface area (Å²) in [4.78, 5) is 49.9.